The van der Waals surface area contributed by atoms with Crippen molar-refractivity contribution < 1.29 is 4.79 Å². The number of nitrogens with zero attached hydrogens (tertiary/aromatic N) is 1. The third kappa shape index (κ3) is 3.55. The topological polar surface area (TPSA) is 57.8 Å². The van der Waals surface area contributed by atoms with Gasteiger partial charge in [-0.25, -0.2) is 0 Å². The number of amides is 1. The van der Waals surface area contributed by atoms with Crippen molar-refractivity contribution in [1.82, 2.24) is 10.2 Å². The maximum absolute atomic E-state index is 11.4. The molecular weight excluding hydrogens is 214 g/mol. The lowest BCUT2D eigenvalue weighted by Gasteiger charge is -2.02. The Balaban J connectivity index is 2.41. The van der Waals surface area contributed by atoms with Crippen molar-refractivity contribution >= 4 is 23.3 Å². The van der Waals surface area contributed by atoms with Crippen LogP contribution in [-0.2, 0) is 4.79 Å². The van der Waals surface area contributed by atoms with Crippen molar-refractivity contribution in [2.24, 2.45) is 0 Å². The van der Waals surface area contributed by atoms with Gasteiger partial charge in [0.05, 0.1) is 0 Å². The number of aromatic nitrogens is 2. The van der Waals surface area contributed by atoms with E-state index in [4.69, 9.17) is 11.6 Å². The van der Waals surface area contributed by atoms with E-state index in [-0.39, 0.29) is 5.91 Å². The summed E-state index contributed by atoms with van der Waals surface area (Å²) in [6.07, 6.45) is 2.18. The number of aromatic amines is 1. The van der Waals surface area contributed by atoms with Crippen LogP contribution in [0.3, 0.4) is 0 Å². The molecular formula is C10H16ClN3O. The molecule has 0 aliphatic heterocycles. The summed E-state index contributed by atoms with van der Waals surface area (Å²) in [5, 5.41) is 9.59. The lowest BCUT2D eigenvalue weighted by molar-refractivity contribution is -0.116. The number of aryl methyl sites for hydroxylation is 1. The summed E-state index contributed by atoms with van der Waals surface area (Å²) in [7, 11) is 0. The Labute approximate surface area is 94.4 Å². The molecule has 0 radical (unpaired) electrons. The first-order chi connectivity index (χ1) is 7.15. The summed E-state index contributed by atoms with van der Waals surface area (Å²) in [6.45, 7) is 3.85. The van der Waals surface area contributed by atoms with Gasteiger partial charge in [-0.05, 0) is 26.7 Å². The molecule has 0 spiro atoms. The van der Waals surface area contributed by atoms with E-state index in [9.17, 15) is 4.79 Å². The first kappa shape index (κ1) is 12.0. The standard InChI is InChI=1S/C10H16ClN3O/c1-7-8(2)13-14-10(7)12-9(15)5-3-4-6-11/h3-6H2,1-2H3,(H2,12,13,14,15). The van der Waals surface area contributed by atoms with Gasteiger partial charge in [0, 0.05) is 23.6 Å². The molecule has 0 saturated heterocycles. The Hall–Kier alpha value is -1.03. The zero-order valence-corrected chi connectivity index (χ0v) is 9.82. The van der Waals surface area contributed by atoms with E-state index in [1.807, 2.05) is 13.8 Å². The van der Waals surface area contributed by atoms with E-state index < -0.39 is 0 Å². The second kappa shape index (κ2) is 5.75. The molecule has 1 heterocycles. The number of unbranched alkanes of at least 4 members (excludes halogenated alkanes) is 1. The van der Waals surface area contributed by atoms with E-state index in [2.05, 4.69) is 15.5 Å². The number of carbonyl (C=O) groups excluding carboxylic acids is 1. The van der Waals surface area contributed by atoms with Crippen molar-refractivity contribution in [1.29, 1.82) is 0 Å². The average molecular weight is 230 g/mol. The van der Waals surface area contributed by atoms with Crippen LogP contribution in [0.1, 0.15) is 30.5 Å². The van der Waals surface area contributed by atoms with Gasteiger partial charge in [0.25, 0.3) is 0 Å². The van der Waals surface area contributed by atoms with Gasteiger partial charge in [-0.1, -0.05) is 0 Å². The van der Waals surface area contributed by atoms with Gasteiger partial charge < -0.3 is 5.32 Å². The molecule has 4 nitrogen and oxygen atoms in total. The van der Waals surface area contributed by atoms with Crippen molar-refractivity contribution in [2.75, 3.05) is 11.2 Å². The number of halogens is 1. The molecule has 0 saturated carbocycles. The summed E-state index contributed by atoms with van der Waals surface area (Å²) in [4.78, 5) is 11.4. The van der Waals surface area contributed by atoms with Gasteiger partial charge in [0.1, 0.15) is 0 Å². The quantitative estimate of drug-likeness (QED) is 0.602. The van der Waals surface area contributed by atoms with Crippen LogP contribution < -0.4 is 5.32 Å². The number of carbonyl (C=O) groups is 1. The van der Waals surface area contributed by atoms with E-state index in [0.717, 1.165) is 24.1 Å². The Morgan fingerprint density at radius 2 is 2.20 bits per heavy atom. The molecule has 1 aromatic heterocycles. The highest BCUT2D eigenvalue weighted by atomic mass is 35.5. The van der Waals surface area contributed by atoms with Gasteiger partial charge in [-0.2, -0.15) is 5.10 Å². The van der Waals surface area contributed by atoms with E-state index in [1.54, 1.807) is 0 Å². The smallest absolute Gasteiger partial charge is 0.225 e. The number of alkyl halides is 1. The molecule has 0 fully saturated rings. The Bertz CT molecular complexity index is 335. The second-order valence-electron chi connectivity index (χ2n) is 3.52. The second-order valence-corrected chi connectivity index (χ2v) is 3.89. The van der Waals surface area contributed by atoms with Crippen LogP contribution in [0.15, 0.2) is 0 Å². The lowest BCUT2D eigenvalue weighted by atomic mass is 10.2. The van der Waals surface area contributed by atoms with Crippen LogP contribution in [0, 0.1) is 13.8 Å². The molecule has 1 rings (SSSR count). The lowest BCUT2D eigenvalue weighted by Crippen LogP contribution is -2.12. The van der Waals surface area contributed by atoms with Gasteiger partial charge in [-0.3, -0.25) is 9.89 Å². The summed E-state index contributed by atoms with van der Waals surface area (Å²) in [5.41, 5.74) is 1.96. The first-order valence-electron chi connectivity index (χ1n) is 5.02. The SMILES string of the molecule is Cc1[nH]nc(NC(=O)CCCCCl)c1C. The maximum Gasteiger partial charge on any atom is 0.225 e. The molecule has 15 heavy (non-hydrogen) atoms. The molecule has 2 N–H and O–H groups in total. The molecule has 0 aliphatic rings. The maximum atomic E-state index is 11.4. The number of anilines is 1. The fourth-order valence-electron chi connectivity index (χ4n) is 1.18. The summed E-state index contributed by atoms with van der Waals surface area (Å²) < 4.78 is 0. The summed E-state index contributed by atoms with van der Waals surface area (Å²) >= 11 is 5.52. The van der Waals surface area contributed by atoms with Crippen LogP contribution in [0.4, 0.5) is 5.82 Å². The molecule has 0 aliphatic carbocycles. The summed E-state index contributed by atoms with van der Waals surface area (Å²) in [6, 6.07) is 0. The predicted molar refractivity (Wildman–Crippen MR) is 61.3 cm³/mol. The zero-order chi connectivity index (χ0) is 11.3. The van der Waals surface area contributed by atoms with Crippen molar-refractivity contribution in [3.63, 3.8) is 0 Å². The van der Waals surface area contributed by atoms with E-state index in [1.165, 1.54) is 0 Å². The normalized spacial score (nSPS) is 10.3. The molecule has 0 aromatic carbocycles. The Morgan fingerprint density at radius 3 is 2.73 bits per heavy atom. The van der Waals surface area contributed by atoms with E-state index in [0.29, 0.717) is 18.1 Å². The highest BCUT2D eigenvalue weighted by Gasteiger charge is 2.08. The minimum absolute atomic E-state index is 0.00489. The number of hydrogen-bond donors (Lipinski definition) is 2. The molecule has 0 bridgehead atoms. The van der Waals surface area contributed by atoms with Gasteiger partial charge in [-0.15, -0.1) is 11.6 Å². The van der Waals surface area contributed by atoms with Gasteiger partial charge in [0.2, 0.25) is 5.91 Å². The largest absolute Gasteiger partial charge is 0.309 e. The van der Waals surface area contributed by atoms with Crippen molar-refractivity contribution in [2.45, 2.75) is 33.1 Å². The molecule has 0 unspecified atom stereocenters. The number of hydrogen-bond acceptors (Lipinski definition) is 2. The fourth-order valence-corrected chi connectivity index (χ4v) is 1.37. The van der Waals surface area contributed by atoms with Crippen LogP contribution in [0.5, 0.6) is 0 Å². The number of H-pyrrole nitrogens is 1. The number of rotatable bonds is 5. The molecule has 0 atom stereocenters. The third-order valence-corrected chi connectivity index (χ3v) is 2.57. The van der Waals surface area contributed by atoms with Crippen LogP contribution in [-0.4, -0.2) is 22.0 Å². The highest BCUT2D eigenvalue weighted by molar-refractivity contribution is 6.17. The van der Waals surface area contributed by atoms with Gasteiger partial charge in [0.15, 0.2) is 5.82 Å². The third-order valence-electron chi connectivity index (χ3n) is 2.30. The zero-order valence-electron chi connectivity index (χ0n) is 9.06. The Kier molecular flexibility index (Phi) is 4.62. The summed E-state index contributed by atoms with van der Waals surface area (Å²) in [5.74, 6) is 1.23. The minimum Gasteiger partial charge on any atom is -0.309 e. The Morgan fingerprint density at radius 1 is 1.47 bits per heavy atom. The monoisotopic (exact) mass is 229 g/mol. The van der Waals surface area contributed by atoms with Gasteiger partial charge >= 0.3 is 0 Å². The molecule has 1 aromatic rings. The first-order valence-corrected chi connectivity index (χ1v) is 5.56. The molecule has 5 heteroatoms. The van der Waals surface area contributed by atoms with Crippen LogP contribution >= 0.6 is 11.6 Å². The minimum atomic E-state index is -0.00489. The number of nitrogens with one attached hydrogen (secondary N) is 2. The van der Waals surface area contributed by atoms with Crippen LogP contribution in [0.25, 0.3) is 0 Å². The predicted octanol–water partition coefficient (Wildman–Crippen LogP) is 2.37. The molecule has 84 valence electrons. The highest BCUT2D eigenvalue weighted by Crippen LogP contribution is 2.14. The van der Waals surface area contributed by atoms with E-state index >= 15 is 0 Å². The van der Waals surface area contributed by atoms with Crippen LogP contribution in [0.2, 0.25) is 0 Å². The average Bonchev–Trinajstić information content (AvgIpc) is 2.50. The molecule has 1 amide bonds. The van der Waals surface area contributed by atoms with Crippen molar-refractivity contribution in [3.05, 3.63) is 11.3 Å². The fraction of sp³-hybridized carbons (Fsp3) is 0.600. The van der Waals surface area contributed by atoms with Crippen molar-refractivity contribution in [3.8, 4) is 0 Å².